The molecule has 0 aliphatic carbocycles. The molecule has 1 fully saturated rings. The normalized spacial score (nSPS) is 14.6. The molecular formula is C11H13N3O6. The zero-order chi connectivity index (χ0) is 15.3. The van der Waals surface area contributed by atoms with Gasteiger partial charge in [0.25, 0.3) is 0 Å². The van der Waals surface area contributed by atoms with Gasteiger partial charge in [-0.3, -0.25) is 24.6 Å². The number of alkyl carbamates (subject to hydrolysis) is 1. The average molecular weight is 283 g/mol. The minimum Gasteiger partial charge on any atom is -0.450 e. The van der Waals surface area contributed by atoms with Crippen LogP contribution in [0.25, 0.3) is 0 Å². The highest BCUT2D eigenvalue weighted by Crippen LogP contribution is 2.11. The summed E-state index contributed by atoms with van der Waals surface area (Å²) in [5.74, 6) is -3.10. The summed E-state index contributed by atoms with van der Waals surface area (Å²) in [6, 6.07) is -0.932. The first-order chi connectivity index (χ1) is 9.42. The summed E-state index contributed by atoms with van der Waals surface area (Å²) in [4.78, 5) is 58.2. The molecule has 1 saturated heterocycles. The molecule has 20 heavy (non-hydrogen) atoms. The molecular weight excluding hydrogens is 270 g/mol. The van der Waals surface area contributed by atoms with Crippen molar-refractivity contribution in [2.45, 2.75) is 6.92 Å². The van der Waals surface area contributed by atoms with Gasteiger partial charge in [-0.15, -0.1) is 6.58 Å². The molecule has 0 aromatic heterocycles. The van der Waals surface area contributed by atoms with E-state index in [9.17, 15) is 24.0 Å². The molecule has 9 nitrogen and oxygen atoms in total. The van der Waals surface area contributed by atoms with Crippen molar-refractivity contribution in [2.75, 3.05) is 19.7 Å². The smallest absolute Gasteiger partial charge is 0.413 e. The lowest BCUT2D eigenvalue weighted by Gasteiger charge is -2.13. The van der Waals surface area contributed by atoms with Crippen LogP contribution in [-0.2, 0) is 19.1 Å². The summed E-state index contributed by atoms with van der Waals surface area (Å²) in [6.07, 6.45) is 0.275. The number of nitrogens with zero attached hydrogens (tertiary/aromatic N) is 2. The molecule has 1 N–H and O–H groups in total. The van der Waals surface area contributed by atoms with E-state index in [0.29, 0.717) is 9.80 Å². The van der Waals surface area contributed by atoms with Gasteiger partial charge in [0.2, 0.25) is 5.91 Å². The molecule has 1 aliphatic rings. The average Bonchev–Trinajstić information content (AvgIpc) is 2.57. The van der Waals surface area contributed by atoms with Crippen molar-refractivity contribution < 1.29 is 28.7 Å². The number of rotatable bonds is 5. The van der Waals surface area contributed by atoms with Gasteiger partial charge in [0.15, 0.2) is 0 Å². The Balaban J connectivity index is 2.68. The lowest BCUT2D eigenvalue weighted by Crippen LogP contribution is -2.43. The van der Waals surface area contributed by atoms with Crippen LogP contribution in [-0.4, -0.2) is 59.3 Å². The van der Waals surface area contributed by atoms with Crippen LogP contribution in [0, 0.1) is 0 Å². The fourth-order valence-electron chi connectivity index (χ4n) is 1.44. The van der Waals surface area contributed by atoms with Crippen molar-refractivity contribution in [2.24, 2.45) is 0 Å². The predicted molar refractivity (Wildman–Crippen MR) is 64.2 cm³/mol. The highest BCUT2D eigenvalue weighted by molar-refractivity contribution is 6.45. The zero-order valence-corrected chi connectivity index (χ0v) is 10.7. The fourth-order valence-corrected chi connectivity index (χ4v) is 1.44. The third-order valence-corrected chi connectivity index (χ3v) is 2.27. The van der Waals surface area contributed by atoms with Crippen molar-refractivity contribution in [1.29, 1.82) is 0 Å². The molecule has 1 rings (SSSR count). The molecule has 1 heterocycles. The number of urea groups is 1. The maximum atomic E-state index is 11.7. The van der Waals surface area contributed by atoms with Crippen molar-refractivity contribution in [3.63, 3.8) is 0 Å². The number of imide groups is 3. The topological polar surface area (TPSA) is 113 Å². The van der Waals surface area contributed by atoms with E-state index < -0.39 is 36.4 Å². The molecule has 6 amide bonds. The Kier molecular flexibility index (Phi) is 4.95. The minimum absolute atomic E-state index is 0.0618. The second kappa shape index (κ2) is 6.45. The van der Waals surface area contributed by atoms with Crippen LogP contribution in [0.5, 0.6) is 0 Å². The number of hydrogen-bond acceptors (Lipinski definition) is 6. The van der Waals surface area contributed by atoms with E-state index in [1.807, 2.05) is 5.32 Å². The van der Waals surface area contributed by atoms with Gasteiger partial charge in [0, 0.05) is 6.54 Å². The van der Waals surface area contributed by atoms with Gasteiger partial charge in [-0.1, -0.05) is 6.08 Å². The molecule has 0 atom stereocenters. The van der Waals surface area contributed by atoms with E-state index in [2.05, 4.69) is 11.3 Å². The van der Waals surface area contributed by atoms with E-state index in [0.717, 1.165) is 0 Å². The number of carbonyl (C=O) groups excluding carboxylic acids is 5. The van der Waals surface area contributed by atoms with Gasteiger partial charge < -0.3 is 4.74 Å². The van der Waals surface area contributed by atoms with Crippen LogP contribution in [0.15, 0.2) is 12.7 Å². The van der Waals surface area contributed by atoms with E-state index in [1.165, 1.54) is 6.08 Å². The van der Waals surface area contributed by atoms with Crippen LogP contribution in [0.4, 0.5) is 9.59 Å². The lowest BCUT2D eigenvalue weighted by molar-refractivity contribution is -0.143. The van der Waals surface area contributed by atoms with E-state index >= 15 is 0 Å². The fraction of sp³-hybridized carbons (Fsp3) is 0.364. The molecule has 108 valence electrons. The Bertz CT molecular complexity index is 487. The first kappa shape index (κ1) is 15.3. The maximum Gasteiger partial charge on any atom is 0.413 e. The first-order valence-electron chi connectivity index (χ1n) is 5.67. The quantitative estimate of drug-likeness (QED) is 0.403. The van der Waals surface area contributed by atoms with E-state index in [-0.39, 0.29) is 13.2 Å². The second-order valence-electron chi connectivity index (χ2n) is 3.65. The predicted octanol–water partition coefficient (Wildman–Crippen LogP) is -0.764. The molecule has 0 bridgehead atoms. The summed E-state index contributed by atoms with van der Waals surface area (Å²) < 4.78 is 4.46. The van der Waals surface area contributed by atoms with Gasteiger partial charge >= 0.3 is 23.9 Å². The van der Waals surface area contributed by atoms with Gasteiger partial charge in [-0.2, -0.15) is 0 Å². The minimum atomic E-state index is -1.13. The summed E-state index contributed by atoms with van der Waals surface area (Å²) in [6.45, 7) is 4.07. The number of hydrogen-bond donors (Lipinski definition) is 1. The number of carbonyl (C=O) groups is 5. The van der Waals surface area contributed by atoms with Gasteiger partial charge in [-0.25, -0.2) is 14.5 Å². The van der Waals surface area contributed by atoms with Gasteiger partial charge in [0.05, 0.1) is 6.61 Å². The van der Waals surface area contributed by atoms with Crippen molar-refractivity contribution in [3.05, 3.63) is 12.7 Å². The Morgan fingerprint density at radius 1 is 1.25 bits per heavy atom. The Morgan fingerprint density at radius 3 is 2.40 bits per heavy atom. The zero-order valence-electron chi connectivity index (χ0n) is 10.7. The van der Waals surface area contributed by atoms with Crippen LogP contribution in [0.3, 0.4) is 0 Å². The van der Waals surface area contributed by atoms with Gasteiger partial charge in [0.1, 0.15) is 6.54 Å². The SMILES string of the molecule is C=CCN1C(=O)C(=O)N(CC(=O)NC(=O)OCC)C1=O. The third-order valence-electron chi connectivity index (χ3n) is 2.27. The molecule has 0 aromatic rings. The van der Waals surface area contributed by atoms with Crippen LogP contribution < -0.4 is 5.32 Å². The van der Waals surface area contributed by atoms with Crippen molar-refractivity contribution in [1.82, 2.24) is 15.1 Å². The Morgan fingerprint density at radius 2 is 1.85 bits per heavy atom. The summed E-state index contributed by atoms with van der Waals surface area (Å²) in [5.41, 5.74) is 0. The number of amides is 6. The number of nitrogens with one attached hydrogen (secondary N) is 1. The maximum absolute atomic E-state index is 11.7. The molecule has 0 unspecified atom stereocenters. The van der Waals surface area contributed by atoms with Crippen molar-refractivity contribution in [3.8, 4) is 0 Å². The number of ether oxygens (including phenoxy) is 1. The summed E-state index contributed by atoms with van der Waals surface area (Å²) in [5, 5.41) is 1.81. The highest BCUT2D eigenvalue weighted by atomic mass is 16.5. The molecule has 1 aliphatic heterocycles. The summed E-state index contributed by atoms with van der Waals surface area (Å²) >= 11 is 0. The van der Waals surface area contributed by atoms with Gasteiger partial charge in [-0.05, 0) is 6.92 Å². The Labute approximate surface area is 114 Å². The second-order valence-corrected chi connectivity index (χ2v) is 3.65. The standard InChI is InChI=1S/C11H13N3O6/c1-3-5-13-8(16)9(17)14(11(13)19)6-7(15)12-10(18)20-4-2/h3H,1,4-6H2,2H3,(H,12,15,18). The van der Waals surface area contributed by atoms with Crippen LogP contribution in [0.2, 0.25) is 0 Å². The molecule has 0 spiro atoms. The van der Waals surface area contributed by atoms with E-state index in [4.69, 9.17) is 0 Å². The highest BCUT2D eigenvalue weighted by Gasteiger charge is 2.44. The molecule has 0 radical (unpaired) electrons. The molecule has 0 aromatic carbocycles. The van der Waals surface area contributed by atoms with Crippen LogP contribution >= 0.6 is 0 Å². The van der Waals surface area contributed by atoms with Crippen LogP contribution in [0.1, 0.15) is 6.92 Å². The molecule has 9 heteroatoms. The largest absolute Gasteiger partial charge is 0.450 e. The molecule has 0 saturated carbocycles. The van der Waals surface area contributed by atoms with E-state index in [1.54, 1.807) is 6.92 Å². The van der Waals surface area contributed by atoms with Crippen molar-refractivity contribution >= 4 is 29.8 Å². The Hall–Kier alpha value is -2.71. The third kappa shape index (κ3) is 3.19. The first-order valence-corrected chi connectivity index (χ1v) is 5.67. The lowest BCUT2D eigenvalue weighted by atomic mass is 10.4. The summed E-state index contributed by atoms with van der Waals surface area (Å²) in [7, 11) is 0. The monoisotopic (exact) mass is 283 g/mol.